The standard InChI is InChI=1S/C12H14FN3O/c1-16-4-2-3-10(16)8-17-11-7-15-6-9(5-14)12(11)13/h6-7,10H,2-4,8H2,1H3/t10-/m1/s1. The second-order valence-corrected chi connectivity index (χ2v) is 4.20. The molecule has 0 aliphatic carbocycles. The third-order valence-corrected chi connectivity index (χ3v) is 3.07. The van der Waals surface area contributed by atoms with Gasteiger partial charge in [-0.2, -0.15) is 5.26 Å². The first-order valence-electron chi connectivity index (χ1n) is 5.59. The molecule has 0 spiro atoms. The second kappa shape index (κ2) is 5.11. The summed E-state index contributed by atoms with van der Waals surface area (Å²) in [5.74, 6) is -0.562. The number of halogens is 1. The fourth-order valence-corrected chi connectivity index (χ4v) is 1.98. The minimum absolute atomic E-state index is 0.0596. The van der Waals surface area contributed by atoms with Gasteiger partial charge in [0.05, 0.1) is 6.20 Å². The number of nitriles is 1. The molecule has 5 heteroatoms. The Labute approximate surface area is 99.6 Å². The van der Waals surface area contributed by atoms with E-state index in [4.69, 9.17) is 10.00 Å². The highest BCUT2D eigenvalue weighted by molar-refractivity contribution is 5.34. The molecule has 1 fully saturated rings. The predicted octanol–water partition coefficient (Wildman–Crippen LogP) is 1.57. The van der Waals surface area contributed by atoms with Crippen molar-refractivity contribution in [2.75, 3.05) is 20.2 Å². The number of pyridine rings is 1. The van der Waals surface area contributed by atoms with Crippen LogP contribution in [0.5, 0.6) is 5.75 Å². The van der Waals surface area contributed by atoms with Crippen molar-refractivity contribution in [3.8, 4) is 11.8 Å². The number of likely N-dealkylation sites (tertiary alicyclic amines) is 1. The van der Waals surface area contributed by atoms with Crippen LogP contribution in [0.1, 0.15) is 18.4 Å². The molecule has 1 aromatic rings. The molecule has 1 atom stereocenters. The zero-order valence-corrected chi connectivity index (χ0v) is 9.69. The van der Waals surface area contributed by atoms with Gasteiger partial charge in [-0.05, 0) is 26.4 Å². The lowest BCUT2D eigenvalue weighted by Gasteiger charge is -2.19. The van der Waals surface area contributed by atoms with Crippen LogP contribution >= 0.6 is 0 Å². The Morgan fingerprint density at radius 1 is 1.65 bits per heavy atom. The number of hydrogen-bond acceptors (Lipinski definition) is 4. The summed E-state index contributed by atoms with van der Waals surface area (Å²) in [6.45, 7) is 1.48. The van der Waals surface area contributed by atoms with Crippen LogP contribution in [0.3, 0.4) is 0 Å². The average molecular weight is 235 g/mol. The van der Waals surface area contributed by atoms with Crippen molar-refractivity contribution in [2.24, 2.45) is 0 Å². The number of rotatable bonds is 3. The smallest absolute Gasteiger partial charge is 0.185 e. The molecule has 2 rings (SSSR count). The van der Waals surface area contributed by atoms with Crippen molar-refractivity contribution in [1.29, 1.82) is 5.26 Å². The van der Waals surface area contributed by atoms with Gasteiger partial charge >= 0.3 is 0 Å². The van der Waals surface area contributed by atoms with Gasteiger partial charge in [0, 0.05) is 12.2 Å². The van der Waals surface area contributed by atoms with Crippen LogP contribution < -0.4 is 4.74 Å². The number of aromatic nitrogens is 1. The Hall–Kier alpha value is -1.67. The molecule has 0 saturated carbocycles. The molecule has 0 amide bonds. The third-order valence-electron chi connectivity index (χ3n) is 3.07. The largest absolute Gasteiger partial charge is 0.487 e. The van der Waals surface area contributed by atoms with Crippen molar-refractivity contribution < 1.29 is 9.13 Å². The van der Waals surface area contributed by atoms with E-state index in [2.05, 4.69) is 9.88 Å². The quantitative estimate of drug-likeness (QED) is 0.797. The van der Waals surface area contributed by atoms with Gasteiger partial charge in [-0.3, -0.25) is 4.98 Å². The SMILES string of the molecule is CN1CCC[C@@H]1COc1cncc(C#N)c1F. The molecule has 1 aromatic heterocycles. The average Bonchev–Trinajstić information content (AvgIpc) is 2.74. The summed E-state index contributed by atoms with van der Waals surface area (Å²) in [5, 5.41) is 8.67. The molecule has 4 nitrogen and oxygen atoms in total. The summed E-state index contributed by atoms with van der Waals surface area (Å²) in [7, 11) is 2.03. The second-order valence-electron chi connectivity index (χ2n) is 4.20. The number of hydrogen-bond donors (Lipinski definition) is 0. The van der Waals surface area contributed by atoms with Crippen molar-refractivity contribution in [2.45, 2.75) is 18.9 Å². The van der Waals surface area contributed by atoms with Crippen LogP contribution in [0, 0.1) is 17.1 Å². The summed E-state index contributed by atoms with van der Waals surface area (Å²) >= 11 is 0. The highest BCUT2D eigenvalue weighted by Gasteiger charge is 2.22. The lowest BCUT2D eigenvalue weighted by atomic mass is 10.2. The van der Waals surface area contributed by atoms with Crippen LogP contribution in [-0.4, -0.2) is 36.1 Å². The zero-order valence-electron chi connectivity index (χ0n) is 9.69. The Morgan fingerprint density at radius 2 is 2.47 bits per heavy atom. The molecule has 0 unspecified atom stereocenters. The van der Waals surface area contributed by atoms with Gasteiger partial charge in [-0.25, -0.2) is 4.39 Å². The first-order chi connectivity index (χ1) is 8.22. The molecule has 2 heterocycles. The maximum Gasteiger partial charge on any atom is 0.185 e. The van der Waals surface area contributed by atoms with Crippen LogP contribution in [0.25, 0.3) is 0 Å². The molecule has 90 valence electrons. The molecule has 17 heavy (non-hydrogen) atoms. The van der Waals surface area contributed by atoms with Gasteiger partial charge in [0.1, 0.15) is 18.2 Å². The Kier molecular flexibility index (Phi) is 3.55. The fourth-order valence-electron chi connectivity index (χ4n) is 1.98. The minimum Gasteiger partial charge on any atom is -0.487 e. The van der Waals surface area contributed by atoms with Crippen LogP contribution in [0.15, 0.2) is 12.4 Å². The van der Waals surface area contributed by atoms with E-state index in [1.807, 2.05) is 7.05 Å². The highest BCUT2D eigenvalue weighted by Crippen LogP contribution is 2.21. The van der Waals surface area contributed by atoms with Gasteiger partial charge in [0.15, 0.2) is 11.6 Å². The van der Waals surface area contributed by atoms with E-state index in [1.54, 1.807) is 6.07 Å². The molecule has 0 aromatic carbocycles. The normalized spacial score (nSPS) is 20.2. The fraction of sp³-hybridized carbons (Fsp3) is 0.500. The van der Waals surface area contributed by atoms with Gasteiger partial charge in [0.2, 0.25) is 0 Å². The van der Waals surface area contributed by atoms with Crippen LogP contribution in [-0.2, 0) is 0 Å². The number of ether oxygens (including phenoxy) is 1. The predicted molar refractivity (Wildman–Crippen MR) is 60.1 cm³/mol. The van der Waals surface area contributed by atoms with E-state index in [9.17, 15) is 4.39 Å². The first-order valence-corrected chi connectivity index (χ1v) is 5.59. The van der Waals surface area contributed by atoms with Gasteiger partial charge < -0.3 is 9.64 Å². The minimum atomic E-state index is -0.622. The number of likely N-dealkylation sites (N-methyl/N-ethyl adjacent to an activating group) is 1. The van der Waals surface area contributed by atoms with Gasteiger partial charge in [-0.1, -0.05) is 0 Å². The van der Waals surface area contributed by atoms with Gasteiger partial charge in [0.25, 0.3) is 0 Å². The van der Waals surface area contributed by atoms with Crippen molar-refractivity contribution in [1.82, 2.24) is 9.88 Å². The summed E-state index contributed by atoms with van der Waals surface area (Å²) in [5.41, 5.74) is -0.0812. The van der Waals surface area contributed by atoms with E-state index >= 15 is 0 Å². The van der Waals surface area contributed by atoms with E-state index in [-0.39, 0.29) is 11.3 Å². The Morgan fingerprint density at radius 3 is 3.12 bits per heavy atom. The van der Waals surface area contributed by atoms with E-state index in [0.717, 1.165) is 19.4 Å². The van der Waals surface area contributed by atoms with Crippen molar-refractivity contribution in [3.05, 3.63) is 23.8 Å². The molecule has 1 aliphatic rings. The maximum atomic E-state index is 13.6. The van der Waals surface area contributed by atoms with Crippen LogP contribution in [0.4, 0.5) is 4.39 Å². The molecule has 1 saturated heterocycles. The summed E-state index contributed by atoms with van der Waals surface area (Å²) in [6, 6.07) is 2.06. The van der Waals surface area contributed by atoms with Crippen LogP contribution in [0.2, 0.25) is 0 Å². The van der Waals surface area contributed by atoms with E-state index in [0.29, 0.717) is 12.6 Å². The van der Waals surface area contributed by atoms with Gasteiger partial charge in [-0.15, -0.1) is 0 Å². The lowest BCUT2D eigenvalue weighted by Crippen LogP contribution is -2.30. The molecule has 1 aliphatic heterocycles. The maximum absolute atomic E-state index is 13.6. The molecule has 0 radical (unpaired) electrons. The first kappa shape index (κ1) is 11.8. The number of nitrogens with zero attached hydrogens (tertiary/aromatic N) is 3. The summed E-state index contributed by atoms with van der Waals surface area (Å²) < 4.78 is 19.0. The van der Waals surface area contributed by atoms with E-state index in [1.165, 1.54) is 12.4 Å². The molecule has 0 N–H and O–H groups in total. The molecular weight excluding hydrogens is 221 g/mol. The third kappa shape index (κ3) is 2.53. The Balaban J connectivity index is 2.02. The van der Waals surface area contributed by atoms with E-state index < -0.39 is 5.82 Å². The monoisotopic (exact) mass is 235 g/mol. The summed E-state index contributed by atoms with van der Waals surface area (Å²) in [4.78, 5) is 5.97. The van der Waals surface area contributed by atoms with Crippen molar-refractivity contribution in [3.63, 3.8) is 0 Å². The topological polar surface area (TPSA) is 49.1 Å². The van der Waals surface area contributed by atoms with Crippen molar-refractivity contribution >= 4 is 0 Å². The summed E-state index contributed by atoms with van der Waals surface area (Å²) in [6.07, 6.45) is 4.71. The molecular formula is C12H14FN3O. The molecule has 0 bridgehead atoms. The zero-order chi connectivity index (χ0) is 12.3. The Bertz CT molecular complexity index is 444. The lowest BCUT2D eigenvalue weighted by molar-refractivity contribution is 0.192. The highest BCUT2D eigenvalue weighted by atomic mass is 19.1.